The number of aromatic nitrogens is 10. The Hall–Kier alpha value is -8.76. The van der Waals surface area contributed by atoms with E-state index < -0.39 is 0 Å². The van der Waals surface area contributed by atoms with Gasteiger partial charge in [0.25, 0.3) is 0 Å². The van der Waals surface area contributed by atoms with Crippen LogP contribution in [0.4, 0.5) is 0 Å². The highest BCUT2D eigenvalue weighted by atomic mass is 15.0. The van der Waals surface area contributed by atoms with Gasteiger partial charge in [-0.2, -0.15) is 0 Å². The van der Waals surface area contributed by atoms with Crippen molar-refractivity contribution in [3.8, 4) is 68.3 Å². The van der Waals surface area contributed by atoms with Crippen molar-refractivity contribution in [3.63, 3.8) is 0 Å². The predicted octanol–water partition coefficient (Wildman–Crippen LogP) is 10.9. The molecule has 3 aliphatic carbocycles. The Morgan fingerprint density at radius 2 is 0.641 bits per heavy atom. The van der Waals surface area contributed by atoms with Crippen LogP contribution in [0.2, 0.25) is 0 Å². The van der Waals surface area contributed by atoms with Gasteiger partial charge in [-0.3, -0.25) is 19.9 Å². The van der Waals surface area contributed by atoms with Crippen molar-refractivity contribution in [1.29, 1.82) is 0 Å². The first-order valence-corrected chi connectivity index (χ1v) is 21.1. The van der Waals surface area contributed by atoms with Crippen molar-refractivity contribution in [2.24, 2.45) is 0 Å². The average molecular weight is 821 g/mol. The predicted molar refractivity (Wildman–Crippen MR) is 247 cm³/mol. The minimum Gasteiger partial charge on any atom is -0.253 e. The molecule has 10 heteroatoms. The number of rotatable bonds is 6. The topological polar surface area (TPSA) is 129 Å². The third-order valence-electron chi connectivity index (χ3n) is 12.4. The molecular weight excluding hydrogens is 789 g/mol. The lowest BCUT2D eigenvalue weighted by atomic mass is 9.61. The van der Waals surface area contributed by atoms with E-state index in [0.717, 1.165) is 55.4 Å². The lowest BCUT2D eigenvalue weighted by Crippen LogP contribution is -2.27. The number of hydrogen-bond acceptors (Lipinski definition) is 10. The highest BCUT2D eigenvalue weighted by molar-refractivity contribution is 5.91. The van der Waals surface area contributed by atoms with Gasteiger partial charge in [-0.25, -0.2) is 29.9 Å². The molecule has 4 aromatic heterocycles. The van der Waals surface area contributed by atoms with Crippen LogP contribution in [-0.4, -0.2) is 49.8 Å². The Morgan fingerprint density at radius 1 is 0.266 bits per heavy atom. The maximum atomic E-state index is 5.15. The van der Waals surface area contributed by atoms with Crippen LogP contribution in [0.1, 0.15) is 45.2 Å². The van der Waals surface area contributed by atoms with Crippen molar-refractivity contribution in [3.05, 3.63) is 216 Å². The Morgan fingerprint density at radius 3 is 1.09 bits per heavy atom. The van der Waals surface area contributed by atoms with E-state index in [1.165, 1.54) is 33.4 Å². The van der Waals surface area contributed by atoms with Crippen LogP contribution in [0.5, 0.6) is 0 Å². The lowest BCUT2D eigenvalue weighted by Gasteiger charge is -2.42. The summed E-state index contributed by atoms with van der Waals surface area (Å²) in [5.74, 6) is 3.44. The highest BCUT2D eigenvalue weighted by Crippen LogP contribution is 2.56. The van der Waals surface area contributed by atoms with Gasteiger partial charge in [0.2, 0.25) is 0 Å². The zero-order chi connectivity index (χ0) is 42.1. The second-order valence-corrected chi connectivity index (χ2v) is 16.0. The summed E-state index contributed by atoms with van der Waals surface area (Å²) in [7, 11) is 0. The fraction of sp³-hybridized carbons (Fsp3) is 0.0370. The maximum Gasteiger partial charge on any atom is 0.166 e. The van der Waals surface area contributed by atoms with E-state index in [1.54, 1.807) is 24.8 Å². The third kappa shape index (κ3) is 5.80. The van der Waals surface area contributed by atoms with Crippen molar-refractivity contribution in [2.45, 2.75) is 11.8 Å². The van der Waals surface area contributed by atoms with E-state index in [0.29, 0.717) is 34.9 Å². The molecule has 7 aromatic carbocycles. The first-order valence-electron chi connectivity index (χ1n) is 21.1. The second kappa shape index (κ2) is 14.4. The summed E-state index contributed by atoms with van der Waals surface area (Å²) in [6, 6.07) is 54.2. The van der Waals surface area contributed by atoms with E-state index in [2.05, 4.69) is 80.6 Å². The van der Waals surface area contributed by atoms with Crippen LogP contribution in [0, 0.1) is 0 Å². The summed E-state index contributed by atoms with van der Waals surface area (Å²) in [5.41, 5.74) is 15.9. The summed E-state index contributed by atoms with van der Waals surface area (Å²) in [5, 5.41) is 0. The summed E-state index contributed by atoms with van der Waals surface area (Å²) in [6.45, 7) is 0. The van der Waals surface area contributed by atoms with Crippen LogP contribution in [0.25, 0.3) is 90.4 Å². The Kier molecular flexibility index (Phi) is 8.10. The first-order chi connectivity index (χ1) is 31.7. The van der Waals surface area contributed by atoms with Gasteiger partial charge in [-0.15, -0.1) is 0 Å². The molecule has 14 rings (SSSR count). The fourth-order valence-electron chi connectivity index (χ4n) is 9.53. The molecule has 0 saturated heterocycles. The normalized spacial score (nSPS) is 14.6. The van der Waals surface area contributed by atoms with Crippen molar-refractivity contribution in [2.75, 3.05) is 0 Å². The second-order valence-electron chi connectivity index (χ2n) is 16.0. The monoisotopic (exact) mass is 820 g/mol. The highest BCUT2D eigenvalue weighted by Gasteiger charge is 2.41. The molecule has 3 aliphatic rings. The molecule has 2 unspecified atom stereocenters. The van der Waals surface area contributed by atoms with Crippen LogP contribution in [0.15, 0.2) is 183 Å². The number of benzene rings is 7. The number of hydrogen-bond donors (Lipinski definition) is 0. The zero-order valence-corrected chi connectivity index (χ0v) is 33.9. The van der Waals surface area contributed by atoms with Gasteiger partial charge in [0, 0.05) is 70.0 Å². The maximum absolute atomic E-state index is 5.15. The molecular formula is C54H32N10. The summed E-state index contributed by atoms with van der Waals surface area (Å²) < 4.78 is 0. The van der Waals surface area contributed by atoms with Crippen LogP contribution in [0.3, 0.4) is 0 Å². The van der Waals surface area contributed by atoms with Gasteiger partial charge >= 0.3 is 0 Å². The van der Waals surface area contributed by atoms with Gasteiger partial charge in [0.05, 0.1) is 22.1 Å². The van der Waals surface area contributed by atoms with Crippen molar-refractivity contribution in [1.82, 2.24) is 49.8 Å². The van der Waals surface area contributed by atoms with Gasteiger partial charge in [0.1, 0.15) is 0 Å². The molecule has 2 bridgehead atoms. The quantitative estimate of drug-likeness (QED) is 0.160. The SMILES string of the molecule is c1ccc(-c2nc(-c3ccc4c(c3)C3c5ccccc5C4c4cc(-c5nc(-c6ccccc6)nc(-c6cccc7nccnc67)n5)ccc43)nc(-c3cccc4nccnc34)n2)cc1. The minimum atomic E-state index is -0.00787. The lowest BCUT2D eigenvalue weighted by molar-refractivity contribution is 0.754. The fourth-order valence-corrected chi connectivity index (χ4v) is 9.53. The van der Waals surface area contributed by atoms with E-state index in [9.17, 15) is 0 Å². The van der Waals surface area contributed by atoms with Crippen molar-refractivity contribution >= 4 is 22.1 Å². The Balaban J connectivity index is 0.955. The molecule has 298 valence electrons. The van der Waals surface area contributed by atoms with E-state index in [1.807, 2.05) is 97.1 Å². The van der Waals surface area contributed by atoms with E-state index >= 15 is 0 Å². The number of nitrogens with zero attached hydrogens (tertiary/aromatic N) is 10. The minimum absolute atomic E-state index is 0.00787. The molecule has 4 heterocycles. The largest absolute Gasteiger partial charge is 0.253 e. The molecule has 0 amide bonds. The summed E-state index contributed by atoms with van der Waals surface area (Å²) >= 11 is 0. The number of fused-ring (bicyclic) bond motifs is 2. The molecule has 0 saturated carbocycles. The number of para-hydroxylation sites is 2. The molecule has 11 aromatic rings. The average Bonchev–Trinajstić information content (AvgIpc) is 3.38. The first kappa shape index (κ1) is 35.9. The van der Waals surface area contributed by atoms with E-state index in [4.69, 9.17) is 29.9 Å². The molecule has 2 atom stereocenters. The Labute approximate surface area is 366 Å². The summed E-state index contributed by atoms with van der Waals surface area (Å²) in [4.78, 5) is 49.0. The van der Waals surface area contributed by atoms with Gasteiger partial charge < -0.3 is 0 Å². The van der Waals surface area contributed by atoms with Crippen LogP contribution < -0.4 is 0 Å². The summed E-state index contributed by atoms with van der Waals surface area (Å²) in [6.07, 6.45) is 6.81. The molecule has 10 nitrogen and oxygen atoms in total. The van der Waals surface area contributed by atoms with Crippen molar-refractivity contribution < 1.29 is 0 Å². The smallest absolute Gasteiger partial charge is 0.166 e. The molecule has 0 fully saturated rings. The molecule has 0 aliphatic heterocycles. The van der Waals surface area contributed by atoms with Gasteiger partial charge in [-0.05, 0) is 69.8 Å². The molecule has 0 N–H and O–H groups in total. The van der Waals surface area contributed by atoms with Crippen LogP contribution in [-0.2, 0) is 0 Å². The van der Waals surface area contributed by atoms with Crippen LogP contribution >= 0.6 is 0 Å². The zero-order valence-electron chi connectivity index (χ0n) is 33.9. The molecule has 0 radical (unpaired) electrons. The molecule has 0 spiro atoms. The van der Waals surface area contributed by atoms with Gasteiger partial charge in [-0.1, -0.05) is 121 Å². The standard InChI is InChI=1S/C54H32N10/c1-3-11-31(12-4-1)49-59-51(63-53(61-49)39-17-9-19-43-47(39)57-27-25-55-43)33-21-23-37-41(29-33)45-35-15-7-8-16-36(35)46(37)42-30-34(22-24-38(42)45)52-60-50(32-13-5-2-6-14-32)62-54(64-52)40-18-10-20-44-48(40)58-28-26-56-44/h1-30,45-46H. The van der Waals surface area contributed by atoms with E-state index in [-0.39, 0.29) is 11.8 Å². The Bertz CT molecular complexity index is 3400. The van der Waals surface area contributed by atoms with Gasteiger partial charge in [0.15, 0.2) is 34.9 Å². The molecule has 64 heavy (non-hydrogen) atoms. The third-order valence-corrected chi connectivity index (χ3v) is 12.4.